The first kappa shape index (κ1) is 15.0. The lowest BCUT2D eigenvalue weighted by Crippen LogP contribution is -2.29. The third kappa shape index (κ3) is 3.63. The number of nitrogens with one attached hydrogen (secondary N) is 1. The Morgan fingerprint density at radius 1 is 1.23 bits per heavy atom. The lowest BCUT2D eigenvalue weighted by Gasteiger charge is -2.25. The molecule has 2 aromatic rings. The van der Waals surface area contributed by atoms with Gasteiger partial charge >= 0.3 is 0 Å². The molecular weight excluding hydrogens is 272 g/mol. The lowest BCUT2D eigenvalue weighted by molar-refractivity contribution is 0.235. The second-order valence-corrected chi connectivity index (χ2v) is 5.92. The van der Waals surface area contributed by atoms with Crippen LogP contribution in [-0.2, 0) is 13.0 Å². The molecule has 0 aromatic carbocycles. The van der Waals surface area contributed by atoms with Crippen molar-refractivity contribution in [3.8, 4) is 0 Å². The molecule has 1 fully saturated rings. The molecule has 0 spiro atoms. The molecular formula is C18H24N4. The highest BCUT2D eigenvalue weighted by Gasteiger charge is 2.24. The van der Waals surface area contributed by atoms with Crippen molar-refractivity contribution >= 4 is 5.82 Å². The normalized spacial score (nSPS) is 18.5. The molecule has 22 heavy (non-hydrogen) atoms. The van der Waals surface area contributed by atoms with Gasteiger partial charge in [0.2, 0.25) is 0 Å². The number of pyridine rings is 2. The Morgan fingerprint density at radius 3 is 2.91 bits per heavy atom. The summed E-state index contributed by atoms with van der Waals surface area (Å²) in [5, 5.41) is 3.20. The summed E-state index contributed by atoms with van der Waals surface area (Å²) in [5.41, 5.74) is 2.68. The van der Waals surface area contributed by atoms with Gasteiger partial charge in [-0.05, 0) is 56.0 Å². The van der Waals surface area contributed by atoms with Crippen molar-refractivity contribution in [2.24, 2.45) is 0 Å². The van der Waals surface area contributed by atoms with Crippen LogP contribution < -0.4 is 5.32 Å². The van der Waals surface area contributed by atoms with E-state index < -0.39 is 0 Å². The van der Waals surface area contributed by atoms with E-state index in [0.29, 0.717) is 6.04 Å². The molecule has 1 aliphatic heterocycles. The highest BCUT2D eigenvalue weighted by molar-refractivity contribution is 5.42. The van der Waals surface area contributed by atoms with E-state index in [4.69, 9.17) is 0 Å². The quantitative estimate of drug-likeness (QED) is 0.889. The maximum absolute atomic E-state index is 4.41. The van der Waals surface area contributed by atoms with Crippen LogP contribution in [0.15, 0.2) is 42.9 Å². The molecule has 1 aliphatic rings. The highest BCUT2D eigenvalue weighted by Crippen LogP contribution is 2.25. The Labute approximate surface area is 132 Å². The second-order valence-electron chi connectivity index (χ2n) is 5.92. The standard InChI is InChI=1S/C18H24N4/c1-19-18-16(4-2-10-21-18)14-22-13-3-5-17(22)7-6-15-8-11-20-12-9-15/h2,4,8-12,17H,3,5-7,13-14H2,1H3,(H,19,21)/t17-/m0/s1. The predicted octanol–water partition coefficient (Wildman–Crippen LogP) is 3.12. The minimum Gasteiger partial charge on any atom is -0.373 e. The van der Waals surface area contributed by atoms with Gasteiger partial charge in [-0.2, -0.15) is 0 Å². The number of aryl methyl sites for hydroxylation is 1. The maximum Gasteiger partial charge on any atom is 0.130 e. The minimum atomic E-state index is 0.679. The van der Waals surface area contributed by atoms with Crippen molar-refractivity contribution in [3.05, 3.63) is 54.0 Å². The van der Waals surface area contributed by atoms with Gasteiger partial charge in [0, 0.05) is 43.8 Å². The maximum atomic E-state index is 4.41. The molecule has 4 nitrogen and oxygen atoms in total. The first-order chi connectivity index (χ1) is 10.9. The third-order valence-corrected chi connectivity index (χ3v) is 4.52. The van der Waals surface area contributed by atoms with Crippen LogP contribution in [0.5, 0.6) is 0 Å². The molecule has 3 rings (SSSR count). The number of aromatic nitrogens is 2. The minimum absolute atomic E-state index is 0.679. The molecule has 0 aliphatic carbocycles. The van der Waals surface area contributed by atoms with Crippen LogP contribution in [0.25, 0.3) is 0 Å². The Morgan fingerprint density at radius 2 is 2.09 bits per heavy atom. The fourth-order valence-corrected chi connectivity index (χ4v) is 3.32. The fourth-order valence-electron chi connectivity index (χ4n) is 3.32. The van der Waals surface area contributed by atoms with Gasteiger partial charge in [0.15, 0.2) is 0 Å². The van der Waals surface area contributed by atoms with E-state index in [1.54, 1.807) is 0 Å². The SMILES string of the molecule is CNc1ncccc1CN1CCC[C@H]1CCc1ccncc1. The van der Waals surface area contributed by atoms with Crippen LogP contribution in [0, 0.1) is 0 Å². The van der Waals surface area contributed by atoms with Crippen molar-refractivity contribution in [2.75, 3.05) is 18.9 Å². The summed E-state index contributed by atoms with van der Waals surface area (Å²) in [5.74, 6) is 1.00. The summed E-state index contributed by atoms with van der Waals surface area (Å²) in [6, 6.07) is 9.13. The molecule has 0 unspecified atom stereocenters. The Bertz CT molecular complexity index is 585. The van der Waals surface area contributed by atoms with Gasteiger partial charge in [-0.3, -0.25) is 9.88 Å². The monoisotopic (exact) mass is 296 g/mol. The smallest absolute Gasteiger partial charge is 0.130 e. The van der Waals surface area contributed by atoms with Crippen LogP contribution in [0.4, 0.5) is 5.82 Å². The van der Waals surface area contributed by atoms with E-state index in [1.165, 1.54) is 36.9 Å². The van der Waals surface area contributed by atoms with Gasteiger partial charge in [-0.15, -0.1) is 0 Å². The molecule has 2 aromatic heterocycles. The Kier molecular flexibility index (Phi) is 5.01. The van der Waals surface area contributed by atoms with Gasteiger partial charge in [-0.25, -0.2) is 4.98 Å². The third-order valence-electron chi connectivity index (χ3n) is 4.52. The fraction of sp³-hybridized carbons (Fsp3) is 0.444. The van der Waals surface area contributed by atoms with E-state index in [-0.39, 0.29) is 0 Å². The largest absolute Gasteiger partial charge is 0.373 e. The van der Waals surface area contributed by atoms with Gasteiger partial charge in [0.1, 0.15) is 5.82 Å². The molecule has 4 heteroatoms. The van der Waals surface area contributed by atoms with Crippen LogP contribution >= 0.6 is 0 Å². The highest BCUT2D eigenvalue weighted by atomic mass is 15.2. The summed E-state index contributed by atoms with van der Waals surface area (Å²) in [7, 11) is 1.94. The Hall–Kier alpha value is -1.94. The topological polar surface area (TPSA) is 41.1 Å². The van der Waals surface area contributed by atoms with Crippen molar-refractivity contribution in [3.63, 3.8) is 0 Å². The van der Waals surface area contributed by atoms with Crippen molar-refractivity contribution < 1.29 is 0 Å². The van der Waals surface area contributed by atoms with E-state index in [0.717, 1.165) is 18.8 Å². The number of likely N-dealkylation sites (tertiary alicyclic amines) is 1. The molecule has 1 saturated heterocycles. The molecule has 116 valence electrons. The van der Waals surface area contributed by atoms with Crippen LogP contribution in [-0.4, -0.2) is 34.5 Å². The number of anilines is 1. The zero-order chi connectivity index (χ0) is 15.2. The molecule has 1 atom stereocenters. The van der Waals surface area contributed by atoms with Gasteiger partial charge < -0.3 is 5.32 Å². The molecule has 0 radical (unpaired) electrons. The van der Waals surface area contributed by atoms with Crippen LogP contribution in [0.3, 0.4) is 0 Å². The average molecular weight is 296 g/mol. The number of hydrogen-bond donors (Lipinski definition) is 1. The van der Waals surface area contributed by atoms with Crippen molar-refractivity contribution in [1.29, 1.82) is 0 Å². The summed E-state index contributed by atoms with van der Waals surface area (Å²) in [6.45, 7) is 2.18. The Balaban J connectivity index is 1.61. The first-order valence-corrected chi connectivity index (χ1v) is 8.11. The van der Waals surface area contributed by atoms with E-state index in [2.05, 4.69) is 38.4 Å². The molecule has 3 heterocycles. The zero-order valence-corrected chi connectivity index (χ0v) is 13.2. The summed E-state index contributed by atoms with van der Waals surface area (Å²) in [6.07, 6.45) is 10.6. The average Bonchev–Trinajstić information content (AvgIpc) is 3.01. The summed E-state index contributed by atoms with van der Waals surface area (Å²) < 4.78 is 0. The second kappa shape index (κ2) is 7.36. The van der Waals surface area contributed by atoms with Crippen LogP contribution in [0.2, 0.25) is 0 Å². The summed E-state index contributed by atoms with van der Waals surface area (Å²) in [4.78, 5) is 11.1. The predicted molar refractivity (Wildman–Crippen MR) is 89.8 cm³/mol. The number of rotatable bonds is 6. The number of hydrogen-bond acceptors (Lipinski definition) is 4. The first-order valence-electron chi connectivity index (χ1n) is 8.11. The van der Waals surface area contributed by atoms with Gasteiger partial charge in [0.05, 0.1) is 0 Å². The van der Waals surface area contributed by atoms with E-state index in [9.17, 15) is 0 Å². The molecule has 0 bridgehead atoms. The summed E-state index contributed by atoms with van der Waals surface area (Å²) >= 11 is 0. The van der Waals surface area contributed by atoms with Crippen LogP contribution in [0.1, 0.15) is 30.4 Å². The zero-order valence-electron chi connectivity index (χ0n) is 13.2. The van der Waals surface area contributed by atoms with Gasteiger partial charge in [-0.1, -0.05) is 6.07 Å². The molecule has 1 N–H and O–H groups in total. The molecule has 0 amide bonds. The molecule has 0 saturated carbocycles. The van der Waals surface area contributed by atoms with E-state index in [1.807, 2.05) is 31.7 Å². The van der Waals surface area contributed by atoms with Crippen molar-refractivity contribution in [2.45, 2.75) is 38.3 Å². The lowest BCUT2D eigenvalue weighted by atomic mass is 10.0. The van der Waals surface area contributed by atoms with Gasteiger partial charge in [0.25, 0.3) is 0 Å². The van der Waals surface area contributed by atoms with Crippen molar-refractivity contribution in [1.82, 2.24) is 14.9 Å². The van der Waals surface area contributed by atoms with E-state index >= 15 is 0 Å². The number of nitrogens with zero attached hydrogens (tertiary/aromatic N) is 3.